The van der Waals surface area contributed by atoms with Gasteiger partial charge in [0.1, 0.15) is 5.00 Å². The van der Waals surface area contributed by atoms with Crippen LogP contribution in [0.5, 0.6) is 0 Å². The first-order valence-electron chi connectivity index (χ1n) is 5.03. The van der Waals surface area contributed by atoms with E-state index in [1.54, 1.807) is 0 Å². The van der Waals surface area contributed by atoms with Gasteiger partial charge in [-0.25, -0.2) is 0 Å². The Balaban J connectivity index is 3.04. The van der Waals surface area contributed by atoms with E-state index in [0.717, 1.165) is 4.88 Å². The summed E-state index contributed by atoms with van der Waals surface area (Å²) in [4.78, 5) is 24.1. The molecule has 0 aromatic carbocycles. The molecule has 0 atom stereocenters. The van der Waals surface area contributed by atoms with Crippen molar-refractivity contribution in [2.45, 2.75) is 20.8 Å². The zero-order valence-electron chi connectivity index (χ0n) is 9.66. The van der Waals surface area contributed by atoms with E-state index in [4.69, 9.17) is 0 Å². The Morgan fingerprint density at radius 2 is 2.12 bits per heavy atom. The lowest BCUT2D eigenvalue weighted by atomic mass is 10.0. The van der Waals surface area contributed by atoms with Crippen molar-refractivity contribution in [2.24, 2.45) is 5.92 Å². The lowest BCUT2D eigenvalue weighted by Gasteiger charge is -2.05. The molecule has 1 aromatic rings. The summed E-state index contributed by atoms with van der Waals surface area (Å²) in [6.07, 6.45) is 1.19. The Morgan fingerprint density at radius 3 is 2.62 bits per heavy atom. The summed E-state index contributed by atoms with van der Waals surface area (Å²) in [6.45, 7) is 8.97. The van der Waals surface area contributed by atoms with Crippen LogP contribution in [0, 0.1) is 12.8 Å². The van der Waals surface area contributed by atoms with Crippen LogP contribution in [-0.2, 0) is 4.79 Å². The molecule has 0 radical (unpaired) electrons. The Bertz CT molecular complexity index is 432. The Hall–Kier alpha value is -1.42. The molecular formula is C12H15NO2S. The number of anilines is 1. The van der Waals surface area contributed by atoms with Crippen molar-refractivity contribution in [2.75, 3.05) is 5.32 Å². The van der Waals surface area contributed by atoms with Crippen LogP contribution in [0.15, 0.2) is 18.7 Å². The second kappa shape index (κ2) is 5.07. The molecule has 0 saturated carbocycles. The van der Waals surface area contributed by atoms with Crippen molar-refractivity contribution in [1.82, 2.24) is 0 Å². The number of ketones is 1. The molecule has 0 bridgehead atoms. The molecule has 1 N–H and O–H groups in total. The van der Waals surface area contributed by atoms with E-state index < -0.39 is 0 Å². The molecule has 3 nitrogen and oxygen atoms in total. The van der Waals surface area contributed by atoms with Gasteiger partial charge in [-0.2, -0.15) is 0 Å². The predicted molar refractivity (Wildman–Crippen MR) is 67.1 cm³/mol. The van der Waals surface area contributed by atoms with Gasteiger partial charge in [-0.15, -0.1) is 11.3 Å². The molecule has 0 spiro atoms. The van der Waals surface area contributed by atoms with Crippen molar-refractivity contribution >= 4 is 28.0 Å². The van der Waals surface area contributed by atoms with Gasteiger partial charge < -0.3 is 5.32 Å². The number of amides is 1. The van der Waals surface area contributed by atoms with E-state index in [-0.39, 0.29) is 17.6 Å². The maximum atomic E-state index is 11.9. The molecule has 1 heterocycles. The summed E-state index contributed by atoms with van der Waals surface area (Å²) in [5, 5.41) is 3.27. The van der Waals surface area contributed by atoms with E-state index in [2.05, 4.69) is 11.9 Å². The fourth-order valence-electron chi connectivity index (χ4n) is 1.26. The van der Waals surface area contributed by atoms with Crippen molar-refractivity contribution in [1.29, 1.82) is 0 Å². The number of Topliss-reactive ketones (excluding diaryl/α,β-unsaturated/α-hetero) is 1. The van der Waals surface area contributed by atoms with Crippen molar-refractivity contribution in [3.8, 4) is 0 Å². The standard InChI is InChI=1S/C12H15NO2S/c1-5-10(14)13-12-9(6-8(4)16-12)11(15)7(2)3/h5-7H,1H2,2-4H3,(H,13,14). The molecule has 0 aliphatic rings. The highest BCUT2D eigenvalue weighted by atomic mass is 32.1. The smallest absolute Gasteiger partial charge is 0.248 e. The number of aryl methyl sites for hydroxylation is 1. The number of hydrogen-bond donors (Lipinski definition) is 1. The molecule has 1 aromatic heterocycles. The van der Waals surface area contributed by atoms with Crippen LogP contribution < -0.4 is 5.32 Å². The molecule has 0 fully saturated rings. The molecule has 1 rings (SSSR count). The van der Waals surface area contributed by atoms with Crippen LogP contribution in [0.2, 0.25) is 0 Å². The minimum atomic E-state index is -0.292. The second-order valence-electron chi connectivity index (χ2n) is 3.81. The van der Waals surface area contributed by atoms with Crippen molar-refractivity contribution < 1.29 is 9.59 Å². The second-order valence-corrected chi connectivity index (χ2v) is 5.07. The predicted octanol–water partition coefficient (Wildman–Crippen LogP) is 3.02. The van der Waals surface area contributed by atoms with Gasteiger partial charge in [-0.3, -0.25) is 9.59 Å². The molecule has 16 heavy (non-hydrogen) atoms. The maximum Gasteiger partial charge on any atom is 0.248 e. The molecular weight excluding hydrogens is 222 g/mol. The average Bonchev–Trinajstić information content (AvgIpc) is 2.57. The molecule has 0 unspecified atom stereocenters. The molecule has 1 amide bonds. The van der Waals surface area contributed by atoms with Gasteiger partial charge in [-0.1, -0.05) is 20.4 Å². The highest BCUT2D eigenvalue weighted by Gasteiger charge is 2.18. The zero-order valence-corrected chi connectivity index (χ0v) is 10.5. The first kappa shape index (κ1) is 12.6. The van der Waals surface area contributed by atoms with Crippen LogP contribution in [0.1, 0.15) is 29.1 Å². The van der Waals surface area contributed by atoms with Gasteiger partial charge in [0, 0.05) is 10.8 Å². The Morgan fingerprint density at radius 1 is 1.50 bits per heavy atom. The SMILES string of the molecule is C=CC(=O)Nc1sc(C)cc1C(=O)C(C)C. The first-order valence-corrected chi connectivity index (χ1v) is 5.85. The van der Waals surface area contributed by atoms with E-state index in [1.165, 1.54) is 17.4 Å². The third-order valence-electron chi connectivity index (χ3n) is 2.07. The summed E-state index contributed by atoms with van der Waals surface area (Å²) in [5.74, 6) is -0.322. The van der Waals surface area contributed by atoms with Crippen LogP contribution >= 0.6 is 11.3 Å². The summed E-state index contributed by atoms with van der Waals surface area (Å²) in [7, 11) is 0. The third-order valence-corrected chi connectivity index (χ3v) is 3.03. The average molecular weight is 237 g/mol. The van der Waals surface area contributed by atoms with Gasteiger partial charge in [0.05, 0.1) is 5.56 Å². The lowest BCUT2D eigenvalue weighted by molar-refractivity contribution is -0.111. The highest BCUT2D eigenvalue weighted by Crippen LogP contribution is 2.29. The molecule has 0 aliphatic carbocycles. The third kappa shape index (κ3) is 2.79. The summed E-state index contributed by atoms with van der Waals surface area (Å²) < 4.78 is 0. The van der Waals surface area contributed by atoms with Gasteiger partial charge in [0.25, 0.3) is 0 Å². The molecule has 0 saturated heterocycles. The fraction of sp³-hybridized carbons (Fsp3) is 0.333. The maximum absolute atomic E-state index is 11.9. The molecule has 0 aliphatic heterocycles. The van der Waals surface area contributed by atoms with E-state index in [1.807, 2.05) is 26.8 Å². The van der Waals surface area contributed by atoms with Gasteiger partial charge in [0.2, 0.25) is 5.91 Å². The molecule has 4 heteroatoms. The monoisotopic (exact) mass is 237 g/mol. The molecule has 86 valence electrons. The van der Waals surface area contributed by atoms with Crippen molar-refractivity contribution in [3.63, 3.8) is 0 Å². The first-order chi connectivity index (χ1) is 7.45. The number of carbonyl (C=O) groups is 2. The van der Waals surface area contributed by atoms with Gasteiger partial charge >= 0.3 is 0 Å². The van der Waals surface area contributed by atoms with Gasteiger partial charge in [0.15, 0.2) is 5.78 Å². The Labute approximate surface area is 99.2 Å². The van der Waals surface area contributed by atoms with Crippen LogP contribution in [-0.4, -0.2) is 11.7 Å². The fourth-order valence-corrected chi connectivity index (χ4v) is 2.18. The largest absolute Gasteiger partial charge is 0.313 e. The minimum Gasteiger partial charge on any atom is -0.313 e. The topological polar surface area (TPSA) is 46.2 Å². The number of carbonyl (C=O) groups excluding carboxylic acids is 2. The van der Waals surface area contributed by atoms with E-state index in [0.29, 0.717) is 10.6 Å². The minimum absolute atomic E-state index is 0.0451. The quantitative estimate of drug-likeness (QED) is 0.646. The van der Waals surface area contributed by atoms with E-state index >= 15 is 0 Å². The van der Waals surface area contributed by atoms with Crippen LogP contribution in [0.3, 0.4) is 0 Å². The zero-order chi connectivity index (χ0) is 12.3. The normalized spacial score (nSPS) is 10.2. The highest BCUT2D eigenvalue weighted by molar-refractivity contribution is 7.16. The summed E-state index contributed by atoms with van der Waals surface area (Å²) >= 11 is 1.40. The summed E-state index contributed by atoms with van der Waals surface area (Å²) in [5.41, 5.74) is 0.590. The van der Waals surface area contributed by atoms with Crippen LogP contribution in [0.25, 0.3) is 0 Å². The summed E-state index contributed by atoms with van der Waals surface area (Å²) in [6, 6.07) is 1.81. The van der Waals surface area contributed by atoms with Crippen LogP contribution in [0.4, 0.5) is 5.00 Å². The van der Waals surface area contributed by atoms with E-state index in [9.17, 15) is 9.59 Å². The number of thiophene rings is 1. The number of nitrogens with one attached hydrogen (secondary N) is 1. The van der Waals surface area contributed by atoms with Crippen molar-refractivity contribution in [3.05, 3.63) is 29.2 Å². The number of rotatable bonds is 4. The number of hydrogen-bond acceptors (Lipinski definition) is 3. The lowest BCUT2D eigenvalue weighted by Crippen LogP contribution is -2.12. The van der Waals surface area contributed by atoms with Gasteiger partial charge in [-0.05, 0) is 19.1 Å². The Kier molecular flexibility index (Phi) is 4.01.